The van der Waals surface area contributed by atoms with Gasteiger partial charge in [0, 0.05) is 44.0 Å². The number of nitrogens with one attached hydrogen (secondary N) is 2. The molecule has 1 atom stereocenters. The summed E-state index contributed by atoms with van der Waals surface area (Å²) in [6.45, 7) is 4.14. The highest BCUT2D eigenvalue weighted by Crippen LogP contribution is 2.29. The van der Waals surface area contributed by atoms with Crippen molar-refractivity contribution in [1.29, 1.82) is 0 Å². The lowest BCUT2D eigenvalue weighted by molar-refractivity contribution is 0.244. The van der Waals surface area contributed by atoms with Gasteiger partial charge in [-0.15, -0.1) is 0 Å². The van der Waals surface area contributed by atoms with E-state index in [-0.39, 0.29) is 0 Å². The molecule has 1 unspecified atom stereocenters. The van der Waals surface area contributed by atoms with E-state index in [0.717, 1.165) is 43.4 Å². The molecule has 1 heterocycles. The highest BCUT2D eigenvalue weighted by Gasteiger charge is 2.16. The van der Waals surface area contributed by atoms with Crippen LogP contribution in [-0.2, 0) is 0 Å². The Morgan fingerprint density at radius 2 is 2.11 bits per heavy atom. The van der Waals surface area contributed by atoms with Crippen molar-refractivity contribution in [3.63, 3.8) is 0 Å². The number of hydrogen-bond acceptors (Lipinski definition) is 5. The van der Waals surface area contributed by atoms with E-state index in [1.54, 1.807) is 14.2 Å². The van der Waals surface area contributed by atoms with Gasteiger partial charge in [-0.05, 0) is 19.2 Å². The molecule has 19 heavy (non-hydrogen) atoms. The average Bonchev–Trinajstić information content (AvgIpc) is 2.45. The van der Waals surface area contributed by atoms with Gasteiger partial charge in [-0.1, -0.05) is 0 Å². The fourth-order valence-corrected chi connectivity index (χ4v) is 2.32. The Morgan fingerprint density at radius 1 is 1.32 bits per heavy atom. The molecule has 2 N–H and O–H groups in total. The standard InChI is InChI=1S/C14H23N3O2/c1-17-7-6-15-12(10-17)9-16-11-4-5-13(18-2)14(8-11)19-3/h4-5,8,12,15-16H,6-7,9-10H2,1-3H3. The molecule has 0 saturated carbocycles. The molecule has 0 aliphatic carbocycles. The first-order valence-corrected chi connectivity index (χ1v) is 6.60. The molecule has 0 bridgehead atoms. The lowest BCUT2D eigenvalue weighted by Crippen LogP contribution is -2.51. The maximum atomic E-state index is 5.30. The zero-order valence-corrected chi connectivity index (χ0v) is 11.9. The predicted octanol–water partition coefficient (Wildman–Crippen LogP) is 1.02. The molecule has 106 valence electrons. The number of nitrogens with zero attached hydrogens (tertiary/aromatic N) is 1. The molecular formula is C14H23N3O2. The third-order valence-electron chi connectivity index (χ3n) is 3.39. The highest BCUT2D eigenvalue weighted by molar-refractivity contribution is 5.54. The first-order chi connectivity index (χ1) is 9.22. The van der Waals surface area contributed by atoms with Crippen LogP contribution in [0.15, 0.2) is 18.2 Å². The van der Waals surface area contributed by atoms with Crippen molar-refractivity contribution >= 4 is 5.69 Å². The van der Waals surface area contributed by atoms with Gasteiger partial charge in [0.2, 0.25) is 0 Å². The number of hydrogen-bond donors (Lipinski definition) is 2. The summed E-state index contributed by atoms with van der Waals surface area (Å²) in [7, 11) is 5.45. The van der Waals surface area contributed by atoms with Crippen molar-refractivity contribution in [2.24, 2.45) is 0 Å². The molecular weight excluding hydrogens is 242 g/mol. The zero-order chi connectivity index (χ0) is 13.7. The summed E-state index contributed by atoms with van der Waals surface area (Å²) in [5.41, 5.74) is 1.05. The predicted molar refractivity (Wildman–Crippen MR) is 77.3 cm³/mol. The minimum absolute atomic E-state index is 0.479. The third kappa shape index (κ3) is 3.75. The Morgan fingerprint density at radius 3 is 2.79 bits per heavy atom. The van der Waals surface area contributed by atoms with Crippen molar-refractivity contribution in [2.75, 3.05) is 52.8 Å². The summed E-state index contributed by atoms with van der Waals surface area (Å²) in [5.74, 6) is 1.50. The lowest BCUT2D eigenvalue weighted by Gasteiger charge is -2.31. The summed E-state index contributed by atoms with van der Waals surface area (Å²) in [4.78, 5) is 2.34. The lowest BCUT2D eigenvalue weighted by atomic mass is 10.2. The molecule has 0 radical (unpaired) electrons. The van der Waals surface area contributed by atoms with Crippen molar-refractivity contribution in [3.8, 4) is 11.5 Å². The van der Waals surface area contributed by atoms with Gasteiger partial charge in [0.15, 0.2) is 11.5 Å². The monoisotopic (exact) mass is 265 g/mol. The number of piperazine rings is 1. The molecule has 2 rings (SSSR count). The van der Waals surface area contributed by atoms with Gasteiger partial charge >= 0.3 is 0 Å². The van der Waals surface area contributed by atoms with E-state index in [9.17, 15) is 0 Å². The summed E-state index contributed by atoms with van der Waals surface area (Å²) in [6.07, 6.45) is 0. The first kappa shape index (κ1) is 14.0. The van der Waals surface area contributed by atoms with Gasteiger partial charge in [-0.25, -0.2) is 0 Å². The quantitative estimate of drug-likeness (QED) is 0.832. The highest BCUT2D eigenvalue weighted by atomic mass is 16.5. The normalized spacial score (nSPS) is 20.1. The number of likely N-dealkylation sites (N-methyl/N-ethyl adjacent to an activating group) is 1. The van der Waals surface area contributed by atoms with Crippen LogP contribution >= 0.6 is 0 Å². The summed E-state index contributed by atoms with van der Waals surface area (Å²) < 4.78 is 10.5. The topological polar surface area (TPSA) is 45.8 Å². The van der Waals surface area contributed by atoms with Gasteiger partial charge in [-0.3, -0.25) is 0 Å². The Bertz CT molecular complexity index is 412. The fourth-order valence-electron chi connectivity index (χ4n) is 2.32. The van der Waals surface area contributed by atoms with Crippen LogP contribution in [0.1, 0.15) is 0 Å². The first-order valence-electron chi connectivity index (χ1n) is 6.60. The Kier molecular flexibility index (Phi) is 4.87. The Labute approximate surface area is 114 Å². The minimum atomic E-state index is 0.479. The second-order valence-corrected chi connectivity index (χ2v) is 4.86. The van der Waals surface area contributed by atoms with Crippen molar-refractivity contribution in [1.82, 2.24) is 10.2 Å². The second-order valence-electron chi connectivity index (χ2n) is 4.86. The Balaban J connectivity index is 1.92. The smallest absolute Gasteiger partial charge is 0.162 e. The molecule has 1 aliphatic heterocycles. The SMILES string of the molecule is COc1ccc(NCC2CN(C)CCN2)cc1OC. The van der Waals surface area contributed by atoms with Crippen LogP contribution in [0.2, 0.25) is 0 Å². The number of anilines is 1. The van der Waals surface area contributed by atoms with Crippen LogP contribution in [0.25, 0.3) is 0 Å². The Hall–Kier alpha value is -1.46. The maximum absolute atomic E-state index is 5.30. The van der Waals surface area contributed by atoms with E-state index >= 15 is 0 Å². The second kappa shape index (κ2) is 6.63. The van der Waals surface area contributed by atoms with Gasteiger partial charge < -0.3 is 25.0 Å². The molecule has 1 aromatic rings. The summed E-state index contributed by atoms with van der Waals surface area (Å²) in [6, 6.07) is 6.37. The van der Waals surface area contributed by atoms with Crippen LogP contribution in [0.4, 0.5) is 5.69 Å². The molecule has 5 heteroatoms. The van der Waals surface area contributed by atoms with E-state index in [0.29, 0.717) is 6.04 Å². The molecule has 1 saturated heterocycles. The number of benzene rings is 1. The summed E-state index contributed by atoms with van der Waals surface area (Å²) in [5, 5.41) is 6.95. The fraction of sp³-hybridized carbons (Fsp3) is 0.571. The van der Waals surface area contributed by atoms with E-state index in [2.05, 4.69) is 22.6 Å². The van der Waals surface area contributed by atoms with Crippen LogP contribution < -0.4 is 20.1 Å². The van der Waals surface area contributed by atoms with E-state index in [1.807, 2.05) is 18.2 Å². The molecule has 0 spiro atoms. The van der Waals surface area contributed by atoms with E-state index < -0.39 is 0 Å². The number of rotatable bonds is 5. The van der Waals surface area contributed by atoms with Crippen molar-refractivity contribution < 1.29 is 9.47 Å². The molecule has 1 aromatic carbocycles. The van der Waals surface area contributed by atoms with Crippen molar-refractivity contribution in [3.05, 3.63) is 18.2 Å². The van der Waals surface area contributed by atoms with E-state index in [4.69, 9.17) is 9.47 Å². The van der Waals surface area contributed by atoms with Crippen LogP contribution in [-0.4, -0.2) is 58.4 Å². The number of methoxy groups -OCH3 is 2. The average molecular weight is 265 g/mol. The van der Waals surface area contributed by atoms with Crippen LogP contribution in [0.5, 0.6) is 11.5 Å². The minimum Gasteiger partial charge on any atom is -0.493 e. The molecule has 5 nitrogen and oxygen atoms in total. The molecule has 1 aliphatic rings. The van der Waals surface area contributed by atoms with E-state index in [1.165, 1.54) is 0 Å². The largest absolute Gasteiger partial charge is 0.493 e. The molecule has 1 fully saturated rings. The maximum Gasteiger partial charge on any atom is 0.162 e. The molecule has 0 aromatic heterocycles. The van der Waals surface area contributed by atoms with Gasteiger partial charge in [0.25, 0.3) is 0 Å². The van der Waals surface area contributed by atoms with Gasteiger partial charge in [-0.2, -0.15) is 0 Å². The van der Waals surface area contributed by atoms with Crippen LogP contribution in [0, 0.1) is 0 Å². The zero-order valence-electron chi connectivity index (χ0n) is 11.9. The van der Waals surface area contributed by atoms with Gasteiger partial charge in [0.05, 0.1) is 14.2 Å². The molecule has 0 amide bonds. The van der Waals surface area contributed by atoms with Crippen LogP contribution in [0.3, 0.4) is 0 Å². The van der Waals surface area contributed by atoms with Crippen molar-refractivity contribution in [2.45, 2.75) is 6.04 Å². The van der Waals surface area contributed by atoms with Gasteiger partial charge in [0.1, 0.15) is 0 Å². The number of ether oxygens (including phenoxy) is 2. The third-order valence-corrected chi connectivity index (χ3v) is 3.39. The summed E-state index contributed by atoms with van der Waals surface area (Å²) >= 11 is 0.